The largest absolute Gasteiger partial charge is 0.462 e. The van der Waals surface area contributed by atoms with Crippen LogP contribution in [0.3, 0.4) is 0 Å². The lowest BCUT2D eigenvalue weighted by Crippen LogP contribution is -2.22. The van der Waals surface area contributed by atoms with Crippen LogP contribution >= 0.6 is 11.3 Å². The van der Waals surface area contributed by atoms with Gasteiger partial charge in [0.15, 0.2) is 6.61 Å². The van der Waals surface area contributed by atoms with E-state index < -0.39 is 24.5 Å². The molecule has 3 rings (SSSR count). The Labute approximate surface area is 190 Å². The molecule has 8 heteroatoms. The predicted octanol–water partition coefficient (Wildman–Crippen LogP) is 4.76. The first-order valence-electron chi connectivity index (χ1n) is 10.4. The summed E-state index contributed by atoms with van der Waals surface area (Å²) in [5, 5.41) is 3.75. The van der Waals surface area contributed by atoms with Crippen LogP contribution in [0.25, 0.3) is 10.9 Å². The summed E-state index contributed by atoms with van der Waals surface area (Å²) >= 11 is 1.28. The van der Waals surface area contributed by atoms with Gasteiger partial charge in [0, 0.05) is 16.0 Å². The maximum Gasteiger partial charge on any atom is 0.341 e. The van der Waals surface area contributed by atoms with Gasteiger partial charge >= 0.3 is 11.9 Å². The number of aromatic nitrogens is 1. The number of aryl methyl sites for hydroxylation is 2. The Kier molecular flexibility index (Phi) is 7.25. The molecule has 2 aromatic heterocycles. The van der Waals surface area contributed by atoms with Crippen molar-refractivity contribution in [1.29, 1.82) is 0 Å². The van der Waals surface area contributed by atoms with Crippen molar-refractivity contribution in [3.63, 3.8) is 0 Å². The number of benzene rings is 1. The van der Waals surface area contributed by atoms with Crippen molar-refractivity contribution in [2.24, 2.45) is 0 Å². The molecule has 7 nitrogen and oxygen atoms in total. The number of thiophene rings is 1. The normalized spacial score (nSPS) is 10.8. The van der Waals surface area contributed by atoms with Gasteiger partial charge in [0.25, 0.3) is 5.91 Å². The minimum Gasteiger partial charge on any atom is -0.462 e. The van der Waals surface area contributed by atoms with E-state index >= 15 is 0 Å². The smallest absolute Gasteiger partial charge is 0.341 e. The lowest BCUT2D eigenvalue weighted by molar-refractivity contribution is -0.119. The SMILES string of the molecule is CCOC(=O)c1c(NC(=O)COC(=O)c2c(C)c(CC)nc3ccccc23)sc(C)c1C. The highest BCUT2D eigenvalue weighted by Gasteiger charge is 2.23. The Morgan fingerprint density at radius 2 is 1.66 bits per heavy atom. The zero-order chi connectivity index (χ0) is 23.4. The third-order valence-electron chi connectivity index (χ3n) is 5.23. The number of esters is 2. The van der Waals surface area contributed by atoms with Gasteiger partial charge in [0.2, 0.25) is 0 Å². The van der Waals surface area contributed by atoms with Crippen molar-refractivity contribution < 1.29 is 23.9 Å². The topological polar surface area (TPSA) is 94.6 Å². The van der Waals surface area contributed by atoms with Gasteiger partial charge in [-0.15, -0.1) is 11.3 Å². The van der Waals surface area contributed by atoms with Crippen molar-refractivity contribution in [2.45, 2.75) is 41.0 Å². The van der Waals surface area contributed by atoms with E-state index in [4.69, 9.17) is 9.47 Å². The quantitative estimate of drug-likeness (QED) is 0.518. The lowest BCUT2D eigenvalue weighted by Gasteiger charge is -2.13. The maximum absolute atomic E-state index is 12.9. The summed E-state index contributed by atoms with van der Waals surface area (Å²) in [6.07, 6.45) is 0.672. The molecule has 3 aromatic rings. The molecule has 0 aliphatic heterocycles. The summed E-state index contributed by atoms with van der Waals surface area (Å²) in [6, 6.07) is 7.35. The summed E-state index contributed by atoms with van der Waals surface area (Å²) in [5.74, 6) is -1.61. The summed E-state index contributed by atoms with van der Waals surface area (Å²) in [5.41, 5.74) is 3.75. The fraction of sp³-hybridized carbons (Fsp3) is 0.333. The number of carbonyl (C=O) groups is 3. The fourth-order valence-corrected chi connectivity index (χ4v) is 4.56. The number of rotatable bonds is 7. The van der Waals surface area contributed by atoms with Gasteiger partial charge in [-0.2, -0.15) is 0 Å². The fourth-order valence-electron chi connectivity index (χ4n) is 3.50. The van der Waals surface area contributed by atoms with E-state index in [2.05, 4.69) is 10.3 Å². The van der Waals surface area contributed by atoms with Crippen LogP contribution in [-0.4, -0.2) is 36.0 Å². The van der Waals surface area contributed by atoms with Gasteiger partial charge < -0.3 is 14.8 Å². The number of para-hydroxylation sites is 1. The van der Waals surface area contributed by atoms with E-state index in [-0.39, 0.29) is 6.61 Å². The molecule has 1 amide bonds. The monoisotopic (exact) mass is 454 g/mol. The number of pyridine rings is 1. The average Bonchev–Trinajstić information content (AvgIpc) is 3.04. The second kappa shape index (κ2) is 9.91. The van der Waals surface area contributed by atoms with Gasteiger partial charge in [-0.25, -0.2) is 9.59 Å². The van der Waals surface area contributed by atoms with Gasteiger partial charge in [0.1, 0.15) is 5.00 Å². The van der Waals surface area contributed by atoms with Crippen molar-refractivity contribution in [2.75, 3.05) is 18.5 Å². The Hall–Kier alpha value is -3.26. The maximum atomic E-state index is 12.9. The third kappa shape index (κ3) is 4.65. The number of amides is 1. The molecule has 0 saturated heterocycles. The molecule has 1 aromatic carbocycles. The standard InChI is InChI=1S/C24H26N2O5S/c1-6-17-14(4)20(16-10-8-9-11-18(16)25-17)23(28)31-12-19(27)26-22-21(24(29)30-7-2)13(3)15(5)32-22/h8-11H,6-7,12H2,1-5H3,(H,26,27). The van der Waals surface area contributed by atoms with Crippen LogP contribution in [0.1, 0.15) is 56.3 Å². The van der Waals surface area contributed by atoms with Crippen LogP contribution in [0.5, 0.6) is 0 Å². The van der Waals surface area contributed by atoms with Crippen LogP contribution < -0.4 is 5.32 Å². The Bertz CT molecular complexity index is 1200. The van der Waals surface area contributed by atoms with E-state index in [0.717, 1.165) is 21.7 Å². The van der Waals surface area contributed by atoms with Crippen LogP contribution in [-0.2, 0) is 20.7 Å². The second-order valence-corrected chi connectivity index (χ2v) is 8.49. The van der Waals surface area contributed by atoms with Crippen LogP contribution in [0.4, 0.5) is 5.00 Å². The summed E-state index contributed by atoms with van der Waals surface area (Å²) in [4.78, 5) is 43.2. The highest BCUT2D eigenvalue weighted by atomic mass is 32.1. The second-order valence-electron chi connectivity index (χ2n) is 7.26. The van der Waals surface area contributed by atoms with Crippen molar-refractivity contribution in [1.82, 2.24) is 4.98 Å². The minimum atomic E-state index is -0.588. The zero-order valence-electron chi connectivity index (χ0n) is 18.8. The van der Waals surface area contributed by atoms with E-state index in [9.17, 15) is 14.4 Å². The van der Waals surface area contributed by atoms with Crippen molar-refractivity contribution >= 4 is 45.1 Å². The molecule has 1 N–H and O–H groups in total. The Balaban J connectivity index is 1.79. The number of hydrogen-bond acceptors (Lipinski definition) is 7. The lowest BCUT2D eigenvalue weighted by atomic mass is 10.0. The Morgan fingerprint density at radius 1 is 0.969 bits per heavy atom. The molecule has 0 aliphatic carbocycles. The summed E-state index contributed by atoms with van der Waals surface area (Å²) in [7, 11) is 0. The molecule has 0 spiro atoms. The molecule has 0 fully saturated rings. The average molecular weight is 455 g/mol. The molecule has 0 atom stereocenters. The van der Waals surface area contributed by atoms with E-state index in [1.54, 1.807) is 13.8 Å². The number of ether oxygens (including phenoxy) is 2. The van der Waals surface area contributed by atoms with Gasteiger partial charge in [-0.1, -0.05) is 25.1 Å². The molecular weight excluding hydrogens is 428 g/mol. The zero-order valence-corrected chi connectivity index (χ0v) is 19.6. The molecular formula is C24H26N2O5S. The first-order chi connectivity index (χ1) is 15.3. The van der Waals surface area contributed by atoms with Crippen LogP contribution in [0, 0.1) is 20.8 Å². The van der Waals surface area contributed by atoms with E-state index in [1.807, 2.05) is 45.0 Å². The summed E-state index contributed by atoms with van der Waals surface area (Å²) < 4.78 is 10.4. The predicted molar refractivity (Wildman–Crippen MR) is 125 cm³/mol. The van der Waals surface area contributed by atoms with Gasteiger partial charge in [-0.3, -0.25) is 9.78 Å². The minimum absolute atomic E-state index is 0.233. The number of nitrogens with zero attached hydrogens (tertiary/aromatic N) is 1. The Morgan fingerprint density at radius 3 is 2.34 bits per heavy atom. The molecule has 2 heterocycles. The highest BCUT2D eigenvalue weighted by molar-refractivity contribution is 7.16. The number of fused-ring (bicyclic) bond motifs is 1. The number of hydrogen-bond donors (Lipinski definition) is 1. The first-order valence-corrected chi connectivity index (χ1v) is 11.2. The molecule has 0 radical (unpaired) electrons. The molecule has 168 valence electrons. The van der Waals surface area contributed by atoms with E-state index in [1.165, 1.54) is 11.3 Å². The van der Waals surface area contributed by atoms with Crippen LogP contribution in [0.15, 0.2) is 24.3 Å². The number of anilines is 1. The highest BCUT2D eigenvalue weighted by Crippen LogP contribution is 2.33. The van der Waals surface area contributed by atoms with Gasteiger partial charge in [0.05, 0.1) is 23.3 Å². The summed E-state index contributed by atoms with van der Waals surface area (Å²) in [6.45, 7) is 8.94. The molecule has 0 saturated carbocycles. The molecule has 0 bridgehead atoms. The molecule has 0 unspecified atom stereocenters. The number of nitrogens with one attached hydrogen (secondary N) is 1. The molecule has 32 heavy (non-hydrogen) atoms. The van der Waals surface area contributed by atoms with Crippen molar-refractivity contribution in [3.8, 4) is 0 Å². The van der Waals surface area contributed by atoms with E-state index in [0.29, 0.717) is 33.5 Å². The first kappa shape index (κ1) is 23.4. The van der Waals surface area contributed by atoms with Crippen LogP contribution in [0.2, 0.25) is 0 Å². The van der Waals surface area contributed by atoms with Crippen molar-refractivity contribution in [3.05, 3.63) is 57.1 Å². The molecule has 0 aliphatic rings. The number of carbonyl (C=O) groups excluding carboxylic acids is 3. The van der Waals surface area contributed by atoms with Gasteiger partial charge in [-0.05, 0) is 51.3 Å². The third-order valence-corrected chi connectivity index (χ3v) is 6.35.